The van der Waals surface area contributed by atoms with E-state index in [9.17, 15) is 0 Å². The van der Waals surface area contributed by atoms with Crippen LogP contribution in [-0.2, 0) is 0 Å². The number of rotatable bonds is 1. The highest BCUT2D eigenvalue weighted by Crippen LogP contribution is 2.29. The second-order valence-electron chi connectivity index (χ2n) is 3.73. The zero-order chi connectivity index (χ0) is 11.0. The van der Waals surface area contributed by atoms with Crippen LogP contribution in [0.3, 0.4) is 0 Å². The van der Waals surface area contributed by atoms with E-state index in [2.05, 4.69) is 33.6 Å². The molecule has 1 aliphatic rings. The monoisotopic (exact) mass is 214 g/mol. The lowest BCUT2D eigenvalue weighted by Gasteiger charge is -2.16. The molecule has 5 heteroatoms. The Bertz CT molecular complexity index is 545. The van der Waals surface area contributed by atoms with E-state index >= 15 is 0 Å². The molecule has 5 nitrogen and oxygen atoms in total. The maximum atomic E-state index is 5.62. The van der Waals surface area contributed by atoms with Gasteiger partial charge in [-0.2, -0.15) is 5.21 Å². The van der Waals surface area contributed by atoms with E-state index in [1.807, 2.05) is 18.2 Å². The van der Waals surface area contributed by atoms with Gasteiger partial charge in [-0.05, 0) is 30.3 Å². The third kappa shape index (κ3) is 1.46. The predicted molar refractivity (Wildman–Crippen MR) is 58.7 cm³/mol. The van der Waals surface area contributed by atoms with E-state index < -0.39 is 0 Å². The van der Waals surface area contributed by atoms with Gasteiger partial charge in [-0.3, -0.25) is 0 Å². The number of aryl methyl sites for hydroxylation is 1. The van der Waals surface area contributed by atoms with Crippen molar-refractivity contribution in [3.63, 3.8) is 0 Å². The molecule has 1 aromatic heterocycles. The zero-order valence-corrected chi connectivity index (χ0v) is 8.77. The first kappa shape index (κ1) is 9.08. The van der Waals surface area contributed by atoms with Crippen LogP contribution in [-0.4, -0.2) is 27.2 Å². The normalized spacial score (nSPS) is 13.9. The van der Waals surface area contributed by atoms with Crippen LogP contribution in [0.1, 0.15) is 17.0 Å². The second kappa shape index (κ2) is 3.44. The van der Waals surface area contributed by atoms with Gasteiger partial charge >= 0.3 is 0 Å². The minimum absolute atomic E-state index is 0.482. The SMILES string of the molecule is Cc1ccc2c(c1)C=C(c1nn[nH]n1)CO2. The third-order valence-corrected chi connectivity index (χ3v) is 2.51. The first-order valence-corrected chi connectivity index (χ1v) is 5.01. The summed E-state index contributed by atoms with van der Waals surface area (Å²) in [6.07, 6.45) is 2.04. The van der Waals surface area contributed by atoms with Crippen LogP contribution >= 0.6 is 0 Å². The van der Waals surface area contributed by atoms with Crippen LogP contribution in [0.5, 0.6) is 5.75 Å². The number of tetrazole rings is 1. The lowest BCUT2D eigenvalue weighted by Crippen LogP contribution is -2.07. The lowest BCUT2D eigenvalue weighted by atomic mass is 10.0. The number of H-pyrrole nitrogens is 1. The van der Waals surface area contributed by atoms with Gasteiger partial charge in [-0.25, -0.2) is 0 Å². The van der Waals surface area contributed by atoms with Crippen molar-refractivity contribution < 1.29 is 4.74 Å². The van der Waals surface area contributed by atoms with Crippen molar-refractivity contribution in [1.82, 2.24) is 20.6 Å². The topological polar surface area (TPSA) is 63.7 Å². The fraction of sp³-hybridized carbons (Fsp3) is 0.182. The molecule has 2 aromatic rings. The van der Waals surface area contributed by atoms with Crippen LogP contribution in [0.15, 0.2) is 18.2 Å². The molecule has 0 spiro atoms. The molecule has 0 fully saturated rings. The minimum Gasteiger partial charge on any atom is -0.488 e. The Morgan fingerprint density at radius 2 is 2.31 bits per heavy atom. The fourth-order valence-electron chi connectivity index (χ4n) is 1.72. The van der Waals surface area contributed by atoms with Gasteiger partial charge in [0.05, 0.1) is 0 Å². The summed E-state index contributed by atoms with van der Waals surface area (Å²) in [7, 11) is 0. The number of aromatic amines is 1. The molecule has 0 unspecified atom stereocenters. The number of fused-ring (bicyclic) bond motifs is 1. The quantitative estimate of drug-likeness (QED) is 0.780. The highest BCUT2D eigenvalue weighted by molar-refractivity contribution is 5.83. The van der Waals surface area contributed by atoms with Gasteiger partial charge in [0.2, 0.25) is 5.82 Å². The largest absolute Gasteiger partial charge is 0.488 e. The molecule has 0 atom stereocenters. The van der Waals surface area contributed by atoms with Gasteiger partial charge in [0.1, 0.15) is 12.4 Å². The Labute approximate surface area is 92.1 Å². The molecule has 1 aliphatic heterocycles. The summed E-state index contributed by atoms with van der Waals surface area (Å²) in [6.45, 7) is 2.53. The maximum Gasteiger partial charge on any atom is 0.204 e. The molecule has 0 saturated carbocycles. The number of nitrogens with one attached hydrogen (secondary N) is 1. The van der Waals surface area contributed by atoms with Crippen molar-refractivity contribution in [2.45, 2.75) is 6.92 Å². The Kier molecular flexibility index (Phi) is 1.96. The molecule has 2 heterocycles. The zero-order valence-electron chi connectivity index (χ0n) is 8.77. The molecule has 0 amide bonds. The van der Waals surface area contributed by atoms with Gasteiger partial charge in [0.25, 0.3) is 0 Å². The first-order chi connectivity index (χ1) is 7.83. The van der Waals surface area contributed by atoms with Crippen LogP contribution in [0.2, 0.25) is 0 Å². The second-order valence-corrected chi connectivity index (χ2v) is 3.73. The highest BCUT2D eigenvalue weighted by atomic mass is 16.5. The van der Waals surface area contributed by atoms with E-state index in [4.69, 9.17) is 4.74 Å². The molecule has 16 heavy (non-hydrogen) atoms. The molecule has 1 N–H and O–H groups in total. The van der Waals surface area contributed by atoms with E-state index in [0.717, 1.165) is 16.9 Å². The number of ether oxygens (including phenoxy) is 1. The van der Waals surface area contributed by atoms with Crippen molar-refractivity contribution in [2.75, 3.05) is 6.61 Å². The number of aromatic nitrogens is 4. The van der Waals surface area contributed by atoms with Crippen molar-refractivity contribution in [3.05, 3.63) is 35.2 Å². The first-order valence-electron chi connectivity index (χ1n) is 5.01. The Hall–Kier alpha value is -2.17. The standard InChI is InChI=1S/C11H10N4O/c1-7-2-3-10-8(4-7)5-9(6-16-10)11-12-14-15-13-11/h2-5H,6H2,1H3,(H,12,13,14,15). The summed E-state index contributed by atoms with van der Waals surface area (Å²) in [5, 5.41) is 13.9. The van der Waals surface area contributed by atoms with E-state index in [1.165, 1.54) is 5.56 Å². The van der Waals surface area contributed by atoms with E-state index in [-0.39, 0.29) is 0 Å². The molecular weight excluding hydrogens is 204 g/mol. The number of hydrogen-bond donors (Lipinski definition) is 1. The van der Waals surface area contributed by atoms with Crippen LogP contribution in [0.4, 0.5) is 0 Å². The molecule has 0 aliphatic carbocycles. The highest BCUT2D eigenvalue weighted by Gasteiger charge is 2.15. The number of hydrogen-bond acceptors (Lipinski definition) is 4. The van der Waals surface area contributed by atoms with Gasteiger partial charge in [-0.1, -0.05) is 11.6 Å². The van der Waals surface area contributed by atoms with Gasteiger partial charge < -0.3 is 4.74 Å². The van der Waals surface area contributed by atoms with Crippen LogP contribution < -0.4 is 4.74 Å². The number of nitrogens with zero attached hydrogens (tertiary/aromatic N) is 3. The average Bonchev–Trinajstić information content (AvgIpc) is 2.81. The molecule has 80 valence electrons. The third-order valence-electron chi connectivity index (χ3n) is 2.51. The maximum absolute atomic E-state index is 5.62. The molecule has 0 bridgehead atoms. The van der Waals surface area contributed by atoms with Crippen LogP contribution in [0, 0.1) is 6.92 Å². The Balaban J connectivity index is 2.07. The van der Waals surface area contributed by atoms with Gasteiger partial charge in [0, 0.05) is 11.1 Å². The molecule has 3 rings (SSSR count). The predicted octanol–water partition coefficient (Wildman–Crippen LogP) is 1.44. The van der Waals surface area contributed by atoms with Gasteiger partial charge in [0.15, 0.2) is 0 Å². The van der Waals surface area contributed by atoms with Crippen molar-refractivity contribution >= 4 is 11.6 Å². The number of benzene rings is 1. The fourth-order valence-corrected chi connectivity index (χ4v) is 1.72. The molecular formula is C11H10N4O. The van der Waals surface area contributed by atoms with Crippen molar-refractivity contribution in [2.24, 2.45) is 0 Å². The summed E-state index contributed by atoms with van der Waals surface area (Å²) < 4.78 is 5.62. The smallest absolute Gasteiger partial charge is 0.204 e. The van der Waals surface area contributed by atoms with E-state index in [0.29, 0.717) is 12.4 Å². The van der Waals surface area contributed by atoms with Gasteiger partial charge in [-0.15, -0.1) is 10.2 Å². The molecule has 1 aromatic carbocycles. The summed E-state index contributed by atoms with van der Waals surface area (Å²) in [5.41, 5.74) is 3.20. The molecule has 0 radical (unpaired) electrons. The van der Waals surface area contributed by atoms with Crippen LogP contribution in [0.25, 0.3) is 11.6 Å². The van der Waals surface area contributed by atoms with E-state index in [1.54, 1.807) is 0 Å². The summed E-state index contributed by atoms with van der Waals surface area (Å²) in [4.78, 5) is 0. The summed E-state index contributed by atoms with van der Waals surface area (Å²) in [5.74, 6) is 1.49. The Morgan fingerprint density at radius 1 is 1.38 bits per heavy atom. The Morgan fingerprint density at radius 3 is 3.12 bits per heavy atom. The lowest BCUT2D eigenvalue weighted by molar-refractivity contribution is 0.365. The van der Waals surface area contributed by atoms with Crippen molar-refractivity contribution in [3.8, 4) is 5.75 Å². The molecule has 0 saturated heterocycles. The average molecular weight is 214 g/mol. The van der Waals surface area contributed by atoms with Crippen molar-refractivity contribution in [1.29, 1.82) is 0 Å². The minimum atomic E-state index is 0.482. The summed E-state index contributed by atoms with van der Waals surface area (Å²) in [6, 6.07) is 6.09. The summed E-state index contributed by atoms with van der Waals surface area (Å²) >= 11 is 0.